The Morgan fingerprint density at radius 1 is 1.67 bits per heavy atom. The van der Waals surface area contributed by atoms with Crippen molar-refractivity contribution in [1.82, 2.24) is 14.8 Å². The van der Waals surface area contributed by atoms with E-state index >= 15 is 0 Å². The Hall–Kier alpha value is -1.32. The molecule has 12 heavy (non-hydrogen) atoms. The lowest BCUT2D eigenvalue weighted by Gasteiger charge is -1.95. The minimum atomic E-state index is 0.340. The summed E-state index contributed by atoms with van der Waals surface area (Å²) >= 11 is 0. The van der Waals surface area contributed by atoms with Crippen LogP contribution in [-0.2, 0) is 6.54 Å². The summed E-state index contributed by atoms with van der Waals surface area (Å²) < 4.78 is 1.74. The van der Waals surface area contributed by atoms with Gasteiger partial charge in [0.15, 0.2) is 0 Å². The average Bonchev–Trinajstić information content (AvgIpc) is 2.35. The fourth-order valence-corrected chi connectivity index (χ4v) is 0.902. The molecule has 1 aromatic rings. The van der Waals surface area contributed by atoms with E-state index in [9.17, 15) is 0 Å². The van der Waals surface area contributed by atoms with Crippen LogP contribution < -0.4 is 5.73 Å². The summed E-state index contributed by atoms with van der Waals surface area (Å²) in [5, 5.41) is 3.96. The monoisotopic (exact) mass is 166 g/mol. The van der Waals surface area contributed by atoms with Gasteiger partial charge in [-0.3, -0.25) is 4.68 Å². The van der Waals surface area contributed by atoms with Gasteiger partial charge >= 0.3 is 0 Å². The van der Waals surface area contributed by atoms with Crippen molar-refractivity contribution in [1.29, 1.82) is 0 Å². The summed E-state index contributed by atoms with van der Waals surface area (Å²) in [4.78, 5) is 3.82. The van der Waals surface area contributed by atoms with Crippen LogP contribution in [0.25, 0.3) is 0 Å². The predicted molar refractivity (Wildman–Crippen MR) is 48.5 cm³/mol. The Morgan fingerprint density at radius 3 is 2.92 bits per heavy atom. The lowest BCUT2D eigenvalue weighted by Crippen LogP contribution is -1.98. The van der Waals surface area contributed by atoms with Crippen molar-refractivity contribution in [3.63, 3.8) is 0 Å². The normalized spacial score (nSPS) is 9.83. The second kappa shape index (κ2) is 3.90. The number of allylic oxidation sites excluding steroid dienone is 2. The van der Waals surface area contributed by atoms with Crippen LogP contribution in [0.3, 0.4) is 0 Å². The minimum absolute atomic E-state index is 0.340. The zero-order valence-electron chi connectivity index (χ0n) is 7.49. The molecular weight excluding hydrogens is 152 g/mol. The molecule has 0 saturated carbocycles. The van der Waals surface area contributed by atoms with E-state index in [0.29, 0.717) is 5.95 Å². The number of nitrogens with zero attached hydrogens (tertiary/aromatic N) is 3. The second-order valence-corrected chi connectivity index (χ2v) is 2.94. The Balaban J connectivity index is 2.38. The van der Waals surface area contributed by atoms with E-state index in [-0.39, 0.29) is 0 Å². The van der Waals surface area contributed by atoms with Crippen molar-refractivity contribution < 1.29 is 0 Å². The lowest BCUT2D eigenvalue weighted by molar-refractivity contribution is 0.623. The fourth-order valence-electron chi connectivity index (χ4n) is 0.902. The second-order valence-electron chi connectivity index (χ2n) is 2.94. The third-order valence-corrected chi connectivity index (χ3v) is 1.46. The number of hydrogen-bond acceptors (Lipinski definition) is 3. The zero-order valence-corrected chi connectivity index (χ0v) is 7.49. The summed E-state index contributed by atoms with van der Waals surface area (Å²) in [5.41, 5.74) is 6.67. The van der Waals surface area contributed by atoms with E-state index in [1.165, 1.54) is 5.57 Å². The van der Waals surface area contributed by atoms with Crippen LogP contribution in [0, 0.1) is 0 Å². The number of anilines is 1. The number of aromatic nitrogens is 3. The first-order valence-corrected chi connectivity index (χ1v) is 3.97. The highest BCUT2D eigenvalue weighted by Crippen LogP contribution is 1.96. The fraction of sp³-hybridized carbons (Fsp3) is 0.500. The van der Waals surface area contributed by atoms with Crippen LogP contribution in [0.15, 0.2) is 18.0 Å². The van der Waals surface area contributed by atoms with Crippen LogP contribution in [0.4, 0.5) is 5.95 Å². The highest BCUT2D eigenvalue weighted by Gasteiger charge is 1.92. The van der Waals surface area contributed by atoms with Gasteiger partial charge < -0.3 is 5.73 Å². The molecule has 66 valence electrons. The van der Waals surface area contributed by atoms with Gasteiger partial charge in [0.2, 0.25) is 5.95 Å². The van der Waals surface area contributed by atoms with Crippen LogP contribution in [0.1, 0.15) is 20.3 Å². The van der Waals surface area contributed by atoms with Gasteiger partial charge in [-0.25, -0.2) is 4.98 Å². The van der Waals surface area contributed by atoms with Gasteiger partial charge in [0.25, 0.3) is 0 Å². The summed E-state index contributed by atoms with van der Waals surface area (Å²) in [6, 6.07) is 0. The van der Waals surface area contributed by atoms with Crippen LogP contribution >= 0.6 is 0 Å². The van der Waals surface area contributed by atoms with E-state index in [0.717, 1.165) is 13.0 Å². The molecule has 4 heteroatoms. The van der Waals surface area contributed by atoms with E-state index in [1.54, 1.807) is 11.0 Å². The van der Waals surface area contributed by atoms with Crippen LogP contribution in [-0.4, -0.2) is 14.8 Å². The molecular formula is C8H14N4. The summed E-state index contributed by atoms with van der Waals surface area (Å²) in [5.74, 6) is 0.340. The molecule has 0 unspecified atom stereocenters. The maximum atomic E-state index is 5.35. The predicted octanol–water partition coefficient (Wildman–Crippen LogP) is 1.22. The van der Waals surface area contributed by atoms with Crippen molar-refractivity contribution in [2.24, 2.45) is 0 Å². The maximum absolute atomic E-state index is 5.35. The molecule has 0 fully saturated rings. The molecule has 0 spiro atoms. The van der Waals surface area contributed by atoms with E-state index < -0.39 is 0 Å². The first-order chi connectivity index (χ1) is 5.68. The van der Waals surface area contributed by atoms with E-state index in [2.05, 4.69) is 30.0 Å². The van der Waals surface area contributed by atoms with Gasteiger partial charge in [0.1, 0.15) is 6.33 Å². The molecule has 0 aliphatic heterocycles. The first-order valence-electron chi connectivity index (χ1n) is 3.97. The van der Waals surface area contributed by atoms with Crippen molar-refractivity contribution in [2.45, 2.75) is 26.8 Å². The van der Waals surface area contributed by atoms with Crippen molar-refractivity contribution in [3.05, 3.63) is 18.0 Å². The van der Waals surface area contributed by atoms with Gasteiger partial charge in [-0.2, -0.15) is 0 Å². The van der Waals surface area contributed by atoms with Crippen molar-refractivity contribution in [2.75, 3.05) is 5.73 Å². The average molecular weight is 166 g/mol. The highest BCUT2D eigenvalue weighted by molar-refractivity contribution is 5.09. The molecule has 0 aliphatic rings. The molecule has 0 aliphatic carbocycles. The zero-order chi connectivity index (χ0) is 8.97. The van der Waals surface area contributed by atoms with Crippen LogP contribution in [0.5, 0.6) is 0 Å². The molecule has 1 heterocycles. The summed E-state index contributed by atoms with van der Waals surface area (Å²) in [7, 11) is 0. The molecule has 0 saturated heterocycles. The maximum Gasteiger partial charge on any atom is 0.239 e. The van der Waals surface area contributed by atoms with Gasteiger partial charge in [-0.05, 0) is 20.3 Å². The third kappa shape index (κ3) is 2.74. The van der Waals surface area contributed by atoms with Gasteiger partial charge in [0, 0.05) is 6.54 Å². The molecule has 0 aromatic carbocycles. The van der Waals surface area contributed by atoms with Crippen molar-refractivity contribution >= 4 is 5.95 Å². The summed E-state index contributed by atoms with van der Waals surface area (Å²) in [6.07, 6.45) is 4.79. The highest BCUT2D eigenvalue weighted by atomic mass is 15.3. The van der Waals surface area contributed by atoms with Crippen LogP contribution in [0.2, 0.25) is 0 Å². The van der Waals surface area contributed by atoms with Crippen molar-refractivity contribution in [3.8, 4) is 0 Å². The largest absolute Gasteiger partial charge is 0.367 e. The SMILES string of the molecule is CC(C)=CCCn1cnc(N)n1. The van der Waals surface area contributed by atoms with Gasteiger partial charge in [-0.1, -0.05) is 11.6 Å². The molecule has 0 bridgehead atoms. The van der Waals surface area contributed by atoms with E-state index in [4.69, 9.17) is 5.73 Å². The number of nitrogen functional groups attached to an aromatic ring is 1. The topological polar surface area (TPSA) is 56.7 Å². The third-order valence-electron chi connectivity index (χ3n) is 1.46. The molecule has 0 amide bonds. The Labute approximate surface area is 72.1 Å². The number of aryl methyl sites for hydroxylation is 1. The molecule has 0 radical (unpaired) electrons. The molecule has 0 atom stereocenters. The quantitative estimate of drug-likeness (QED) is 0.687. The van der Waals surface area contributed by atoms with Gasteiger partial charge in [0.05, 0.1) is 0 Å². The smallest absolute Gasteiger partial charge is 0.239 e. The summed E-state index contributed by atoms with van der Waals surface area (Å²) in [6.45, 7) is 5.00. The molecule has 1 aromatic heterocycles. The number of rotatable bonds is 3. The van der Waals surface area contributed by atoms with Gasteiger partial charge in [-0.15, -0.1) is 5.10 Å². The molecule has 2 N–H and O–H groups in total. The van der Waals surface area contributed by atoms with E-state index in [1.807, 2.05) is 0 Å². The minimum Gasteiger partial charge on any atom is -0.367 e. The molecule has 4 nitrogen and oxygen atoms in total. The molecule has 1 rings (SSSR count). The Bertz CT molecular complexity index is 270. The Morgan fingerprint density at radius 2 is 2.42 bits per heavy atom. The first kappa shape index (κ1) is 8.77. The standard InChI is InChI=1S/C8H14N4/c1-7(2)4-3-5-12-6-10-8(9)11-12/h4,6H,3,5H2,1-2H3,(H2,9,11). The Kier molecular flexibility index (Phi) is 2.85. The number of hydrogen-bond donors (Lipinski definition) is 1. The lowest BCUT2D eigenvalue weighted by atomic mass is 10.3. The number of nitrogens with two attached hydrogens (primary N) is 1.